The van der Waals surface area contributed by atoms with Crippen LogP contribution in [0.4, 0.5) is 0 Å². The predicted molar refractivity (Wildman–Crippen MR) is 95.9 cm³/mol. The normalized spacial score (nSPS) is 22.4. The second-order valence-electron chi connectivity index (χ2n) is 7.18. The Morgan fingerprint density at radius 3 is 3.04 bits per heavy atom. The lowest BCUT2D eigenvalue weighted by Gasteiger charge is -2.23. The average Bonchev–Trinajstić information content (AvgIpc) is 3.19. The second-order valence-corrected chi connectivity index (χ2v) is 7.18. The molecule has 2 aliphatic heterocycles. The second kappa shape index (κ2) is 7.14. The summed E-state index contributed by atoms with van der Waals surface area (Å²) in [5.41, 5.74) is 2.52. The molecule has 2 aliphatic rings. The van der Waals surface area contributed by atoms with Crippen LogP contribution < -0.4 is 0 Å². The third-order valence-corrected chi connectivity index (χ3v) is 5.20. The van der Waals surface area contributed by atoms with E-state index in [4.69, 9.17) is 4.74 Å². The maximum atomic E-state index is 12.9. The highest BCUT2D eigenvalue weighted by atomic mass is 16.5. The van der Waals surface area contributed by atoms with E-state index in [-0.39, 0.29) is 5.91 Å². The van der Waals surface area contributed by atoms with Crippen molar-refractivity contribution in [3.05, 3.63) is 35.8 Å². The number of hydrogen-bond donors (Lipinski definition) is 0. The summed E-state index contributed by atoms with van der Waals surface area (Å²) in [5, 5.41) is 0. The van der Waals surface area contributed by atoms with E-state index >= 15 is 0 Å². The van der Waals surface area contributed by atoms with E-state index in [1.807, 2.05) is 40.8 Å². The molecule has 0 saturated carbocycles. The maximum absolute atomic E-state index is 12.9. The zero-order valence-corrected chi connectivity index (χ0v) is 14.9. The summed E-state index contributed by atoms with van der Waals surface area (Å²) in [6, 6.07) is 4.03. The smallest absolute Gasteiger partial charge is 0.274 e. The van der Waals surface area contributed by atoms with Gasteiger partial charge in [-0.3, -0.25) is 9.69 Å². The van der Waals surface area contributed by atoms with Crippen molar-refractivity contribution in [1.29, 1.82) is 0 Å². The number of nitrogens with zero attached hydrogens (tertiary/aromatic N) is 4. The number of fused-ring (bicyclic) bond motifs is 1. The zero-order chi connectivity index (χ0) is 17.2. The van der Waals surface area contributed by atoms with Gasteiger partial charge in [0.1, 0.15) is 11.3 Å². The Morgan fingerprint density at radius 1 is 1.28 bits per heavy atom. The highest BCUT2D eigenvalue weighted by molar-refractivity contribution is 5.93. The lowest BCUT2D eigenvalue weighted by Crippen LogP contribution is -2.37. The number of hydrogen-bond acceptors (Lipinski definition) is 4. The third kappa shape index (κ3) is 3.70. The Morgan fingerprint density at radius 2 is 2.20 bits per heavy atom. The van der Waals surface area contributed by atoms with Gasteiger partial charge in [0.25, 0.3) is 5.91 Å². The molecule has 2 fully saturated rings. The molecule has 2 aromatic rings. The molecule has 4 rings (SSSR count). The van der Waals surface area contributed by atoms with Crippen molar-refractivity contribution in [2.75, 3.05) is 39.3 Å². The van der Waals surface area contributed by atoms with Gasteiger partial charge in [0.05, 0.1) is 6.10 Å². The molecule has 0 aromatic carbocycles. The quantitative estimate of drug-likeness (QED) is 0.856. The first kappa shape index (κ1) is 16.5. The molecule has 0 radical (unpaired) electrons. The van der Waals surface area contributed by atoms with Crippen molar-refractivity contribution in [3.63, 3.8) is 0 Å². The predicted octanol–water partition coefficient (Wildman–Crippen LogP) is 1.97. The van der Waals surface area contributed by atoms with E-state index in [2.05, 4.69) is 9.88 Å². The minimum atomic E-state index is 0.0420. The maximum Gasteiger partial charge on any atom is 0.274 e. The van der Waals surface area contributed by atoms with Crippen molar-refractivity contribution in [2.24, 2.45) is 0 Å². The number of aromatic nitrogens is 2. The van der Waals surface area contributed by atoms with Crippen molar-refractivity contribution < 1.29 is 9.53 Å². The lowest BCUT2D eigenvalue weighted by molar-refractivity contribution is 0.0701. The van der Waals surface area contributed by atoms with E-state index in [0.717, 1.165) is 57.0 Å². The van der Waals surface area contributed by atoms with Crippen LogP contribution in [0.1, 0.15) is 35.3 Å². The number of carbonyl (C=O) groups is 1. The molecule has 6 nitrogen and oxygen atoms in total. The summed E-state index contributed by atoms with van der Waals surface area (Å²) in [7, 11) is 0. The number of aryl methyl sites for hydroxylation is 1. The molecule has 1 amide bonds. The molecule has 0 bridgehead atoms. The number of imidazole rings is 1. The first-order valence-corrected chi connectivity index (χ1v) is 9.27. The zero-order valence-electron chi connectivity index (χ0n) is 14.9. The number of carbonyl (C=O) groups excluding carboxylic acids is 1. The van der Waals surface area contributed by atoms with Crippen LogP contribution >= 0.6 is 0 Å². The van der Waals surface area contributed by atoms with Gasteiger partial charge in [0.2, 0.25) is 0 Å². The largest absolute Gasteiger partial charge is 0.377 e. The van der Waals surface area contributed by atoms with Gasteiger partial charge in [0.15, 0.2) is 0 Å². The fraction of sp³-hybridized carbons (Fsp3) is 0.579. The minimum Gasteiger partial charge on any atom is -0.377 e. The Labute approximate surface area is 148 Å². The molecule has 0 aliphatic carbocycles. The Balaban J connectivity index is 1.41. The highest BCUT2D eigenvalue weighted by Crippen LogP contribution is 2.16. The molecule has 0 spiro atoms. The first-order valence-electron chi connectivity index (χ1n) is 9.27. The summed E-state index contributed by atoms with van der Waals surface area (Å²) < 4.78 is 7.67. The molecule has 25 heavy (non-hydrogen) atoms. The molecule has 6 heteroatoms. The Bertz CT molecular complexity index is 751. The molecule has 1 unspecified atom stereocenters. The molecule has 2 aromatic heterocycles. The van der Waals surface area contributed by atoms with Crippen LogP contribution in [0.25, 0.3) is 5.65 Å². The number of rotatable bonds is 3. The van der Waals surface area contributed by atoms with Crippen LogP contribution in [0.3, 0.4) is 0 Å². The van der Waals surface area contributed by atoms with Crippen molar-refractivity contribution in [3.8, 4) is 0 Å². The summed E-state index contributed by atoms with van der Waals surface area (Å²) in [5.74, 6) is 0.0420. The van der Waals surface area contributed by atoms with Crippen LogP contribution in [0.2, 0.25) is 0 Å². The molecular weight excluding hydrogens is 316 g/mol. The van der Waals surface area contributed by atoms with Crippen molar-refractivity contribution >= 4 is 11.6 Å². The fourth-order valence-electron chi connectivity index (χ4n) is 3.78. The third-order valence-electron chi connectivity index (χ3n) is 5.20. The molecule has 1 atom stereocenters. The van der Waals surface area contributed by atoms with Gasteiger partial charge in [-0.1, -0.05) is 0 Å². The molecule has 4 heterocycles. The van der Waals surface area contributed by atoms with Gasteiger partial charge in [-0.15, -0.1) is 0 Å². The van der Waals surface area contributed by atoms with E-state index < -0.39 is 0 Å². The highest BCUT2D eigenvalue weighted by Gasteiger charge is 2.24. The average molecular weight is 342 g/mol. The molecule has 134 valence electrons. The van der Waals surface area contributed by atoms with Gasteiger partial charge in [-0.2, -0.15) is 0 Å². The van der Waals surface area contributed by atoms with Crippen LogP contribution in [-0.4, -0.2) is 70.5 Å². The fourth-order valence-corrected chi connectivity index (χ4v) is 3.78. The summed E-state index contributed by atoms with van der Waals surface area (Å²) in [6.45, 7) is 7.44. The summed E-state index contributed by atoms with van der Waals surface area (Å²) in [4.78, 5) is 21.8. The van der Waals surface area contributed by atoms with Gasteiger partial charge < -0.3 is 14.0 Å². The van der Waals surface area contributed by atoms with Gasteiger partial charge in [0, 0.05) is 45.2 Å². The number of amides is 1. The van der Waals surface area contributed by atoms with Gasteiger partial charge in [-0.25, -0.2) is 4.98 Å². The monoisotopic (exact) mass is 342 g/mol. The van der Waals surface area contributed by atoms with Crippen LogP contribution in [0.15, 0.2) is 24.5 Å². The molecule has 0 N–H and O–H groups in total. The van der Waals surface area contributed by atoms with E-state index in [1.54, 1.807) is 0 Å². The van der Waals surface area contributed by atoms with Crippen molar-refractivity contribution in [2.45, 2.75) is 32.3 Å². The van der Waals surface area contributed by atoms with Crippen molar-refractivity contribution in [1.82, 2.24) is 19.2 Å². The molecular formula is C19H26N4O2. The lowest BCUT2D eigenvalue weighted by atomic mass is 10.2. The summed E-state index contributed by atoms with van der Waals surface area (Å²) in [6.07, 6.45) is 7.53. The number of pyridine rings is 1. The van der Waals surface area contributed by atoms with Crippen LogP contribution in [-0.2, 0) is 4.74 Å². The summed E-state index contributed by atoms with van der Waals surface area (Å²) >= 11 is 0. The minimum absolute atomic E-state index is 0.0420. The molecule has 2 saturated heterocycles. The van der Waals surface area contributed by atoms with Gasteiger partial charge >= 0.3 is 0 Å². The van der Waals surface area contributed by atoms with Crippen LogP contribution in [0, 0.1) is 6.92 Å². The van der Waals surface area contributed by atoms with E-state index in [0.29, 0.717) is 11.8 Å². The number of ether oxygens (including phenoxy) is 1. The van der Waals surface area contributed by atoms with Gasteiger partial charge in [-0.05, 0) is 50.4 Å². The topological polar surface area (TPSA) is 50.1 Å². The first-order chi connectivity index (χ1) is 12.2. The standard InChI is InChI=1S/C19H26N4O2/c1-15-5-8-23-14-17(20-18(23)12-15)19(24)22-7-3-6-21(9-10-22)13-16-4-2-11-25-16/h5,8,12,14,16H,2-4,6-7,9-11,13H2,1H3. The Hall–Kier alpha value is -1.92. The Kier molecular flexibility index (Phi) is 4.72. The van der Waals surface area contributed by atoms with E-state index in [9.17, 15) is 4.79 Å². The van der Waals surface area contributed by atoms with Crippen LogP contribution in [0.5, 0.6) is 0 Å². The van der Waals surface area contributed by atoms with E-state index in [1.165, 1.54) is 12.8 Å². The SMILES string of the molecule is Cc1ccn2cc(C(=O)N3CCCN(CC4CCCO4)CC3)nc2c1.